The molecule has 3 amide bonds. The summed E-state index contributed by atoms with van der Waals surface area (Å²) in [5.74, 6) is -0.197. The molecule has 0 saturated heterocycles. The highest BCUT2D eigenvalue weighted by Gasteiger charge is 2.10. The minimum atomic E-state index is -0.621. The van der Waals surface area contributed by atoms with Gasteiger partial charge >= 0.3 is 6.03 Å². The van der Waals surface area contributed by atoms with Gasteiger partial charge in [0.1, 0.15) is 5.75 Å². The molecule has 0 aliphatic rings. The van der Waals surface area contributed by atoms with Gasteiger partial charge in [-0.05, 0) is 37.6 Å². The van der Waals surface area contributed by atoms with Gasteiger partial charge in [-0.3, -0.25) is 10.1 Å². The number of aryl methyl sites for hydroxylation is 2. The first kappa shape index (κ1) is 18.1. The Bertz CT molecular complexity index is 778. The number of urea groups is 1. The van der Waals surface area contributed by atoms with Crippen LogP contribution in [-0.2, 0) is 4.79 Å². The average Bonchev–Trinajstić information content (AvgIpc) is 2.51. The van der Waals surface area contributed by atoms with Gasteiger partial charge in [0.25, 0.3) is 5.91 Å². The van der Waals surface area contributed by atoms with Gasteiger partial charge in [0.2, 0.25) is 0 Å². The maximum Gasteiger partial charge on any atom is 0.325 e. The molecule has 2 aromatic carbocycles. The van der Waals surface area contributed by atoms with Gasteiger partial charge in [-0.1, -0.05) is 40.9 Å². The third-order valence-electron chi connectivity index (χ3n) is 3.14. The second-order valence-electron chi connectivity index (χ2n) is 5.19. The first-order chi connectivity index (χ1) is 11.3. The number of benzene rings is 2. The highest BCUT2D eigenvalue weighted by Crippen LogP contribution is 2.26. The Hall–Kier alpha value is -2.24. The van der Waals surface area contributed by atoms with Crippen LogP contribution in [0, 0.1) is 13.8 Å². The number of hydrogen-bond donors (Lipinski definition) is 2. The van der Waals surface area contributed by atoms with Crippen molar-refractivity contribution in [3.63, 3.8) is 0 Å². The van der Waals surface area contributed by atoms with Gasteiger partial charge in [0.05, 0.1) is 10.0 Å². The van der Waals surface area contributed by atoms with Crippen molar-refractivity contribution >= 4 is 40.8 Å². The number of anilines is 1. The fourth-order valence-corrected chi connectivity index (χ4v) is 2.27. The fraction of sp³-hybridized carbons (Fsp3) is 0.176. The molecule has 24 heavy (non-hydrogen) atoms. The van der Waals surface area contributed by atoms with Crippen LogP contribution >= 0.6 is 23.2 Å². The molecule has 2 N–H and O–H groups in total. The number of rotatable bonds is 4. The predicted molar refractivity (Wildman–Crippen MR) is 95.0 cm³/mol. The lowest BCUT2D eigenvalue weighted by atomic mass is 10.1. The van der Waals surface area contributed by atoms with Gasteiger partial charge in [-0.2, -0.15) is 0 Å². The first-order valence-electron chi connectivity index (χ1n) is 7.11. The molecule has 0 radical (unpaired) electrons. The molecule has 0 saturated carbocycles. The summed E-state index contributed by atoms with van der Waals surface area (Å²) in [6, 6.07) is 9.60. The van der Waals surface area contributed by atoms with Crippen LogP contribution in [0.2, 0.25) is 10.0 Å². The SMILES string of the molecule is Cc1ccc(NC(=O)NC(=O)COc2ccc(Cl)c(Cl)c2)c(C)c1. The molecule has 0 spiro atoms. The van der Waals surface area contributed by atoms with E-state index in [-0.39, 0.29) is 6.61 Å². The zero-order chi connectivity index (χ0) is 17.7. The first-order valence-corrected chi connectivity index (χ1v) is 7.86. The molecule has 0 heterocycles. The molecule has 0 fully saturated rings. The van der Waals surface area contributed by atoms with Crippen LogP contribution in [0.4, 0.5) is 10.5 Å². The lowest BCUT2D eigenvalue weighted by molar-refractivity contribution is -0.121. The molecule has 0 bridgehead atoms. The summed E-state index contributed by atoms with van der Waals surface area (Å²) >= 11 is 11.6. The summed E-state index contributed by atoms with van der Waals surface area (Å²) in [6.45, 7) is 3.51. The molecular weight excluding hydrogens is 351 g/mol. The van der Waals surface area contributed by atoms with Crippen molar-refractivity contribution < 1.29 is 14.3 Å². The summed E-state index contributed by atoms with van der Waals surface area (Å²) in [5, 5.41) is 5.52. The second kappa shape index (κ2) is 8.04. The van der Waals surface area contributed by atoms with E-state index in [0.717, 1.165) is 11.1 Å². The van der Waals surface area contributed by atoms with Gasteiger partial charge in [-0.25, -0.2) is 4.79 Å². The maximum absolute atomic E-state index is 11.8. The fourth-order valence-electron chi connectivity index (χ4n) is 1.99. The van der Waals surface area contributed by atoms with Crippen molar-refractivity contribution in [1.82, 2.24) is 5.32 Å². The van der Waals surface area contributed by atoms with E-state index in [4.69, 9.17) is 27.9 Å². The van der Waals surface area contributed by atoms with E-state index in [2.05, 4.69) is 10.6 Å². The lowest BCUT2D eigenvalue weighted by Crippen LogP contribution is -2.37. The molecule has 0 atom stereocenters. The predicted octanol–water partition coefficient (Wildman–Crippen LogP) is 4.34. The number of nitrogens with one attached hydrogen (secondary N) is 2. The Labute approximate surface area is 149 Å². The zero-order valence-corrected chi connectivity index (χ0v) is 14.7. The number of carbonyl (C=O) groups is 2. The molecule has 0 aliphatic carbocycles. The molecule has 2 rings (SSSR count). The van der Waals surface area contributed by atoms with Crippen LogP contribution in [0.5, 0.6) is 5.75 Å². The van der Waals surface area contributed by atoms with E-state index < -0.39 is 11.9 Å². The molecule has 0 unspecified atom stereocenters. The van der Waals surface area contributed by atoms with Crippen molar-refractivity contribution in [1.29, 1.82) is 0 Å². The third-order valence-corrected chi connectivity index (χ3v) is 3.88. The monoisotopic (exact) mass is 366 g/mol. The largest absolute Gasteiger partial charge is 0.484 e. The number of halogens is 2. The molecule has 7 heteroatoms. The third kappa shape index (κ3) is 5.15. The Morgan fingerprint density at radius 1 is 1.04 bits per heavy atom. The van der Waals surface area contributed by atoms with Gasteiger partial charge in [0.15, 0.2) is 6.61 Å². The quantitative estimate of drug-likeness (QED) is 0.845. The van der Waals surface area contributed by atoms with E-state index in [1.807, 2.05) is 26.0 Å². The lowest BCUT2D eigenvalue weighted by Gasteiger charge is -2.10. The highest BCUT2D eigenvalue weighted by molar-refractivity contribution is 6.42. The summed E-state index contributed by atoms with van der Waals surface area (Å²) in [4.78, 5) is 23.6. The highest BCUT2D eigenvalue weighted by atomic mass is 35.5. The molecule has 0 aliphatic heterocycles. The number of amides is 3. The van der Waals surface area contributed by atoms with Crippen molar-refractivity contribution in [2.45, 2.75) is 13.8 Å². The van der Waals surface area contributed by atoms with Crippen LogP contribution in [0.3, 0.4) is 0 Å². The summed E-state index contributed by atoms with van der Waals surface area (Å²) in [5.41, 5.74) is 2.63. The van der Waals surface area contributed by atoms with Crippen LogP contribution in [-0.4, -0.2) is 18.5 Å². The number of carbonyl (C=O) groups excluding carboxylic acids is 2. The maximum atomic E-state index is 11.8. The van der Waals surface area contributed by atoms with E-state index in [9.17, 15) is 9.59 Å². The van der Waals surface area contributed by atoms with Crippen molar-refractivity contribution in [2.75, 3.05) is 11.9 Å². The Morgan fingerprint density at radius 2 is 1.79 bits per heavy atom. The molecule has 0 aromatic heterocycles. The van der Waals surface area contributed by atoms with E-state index in [1.54, 1.807) is 18.2 Å². The second-order valence-corrected chi connectivity index (χ2v) is 6.00. The molecular formula is C17H16Cl2N2O3. The minimum absolute atomic E-state index is 0.321. The molecule has 5 nitrogen and oxygen atoms in total. The smallest absolute Gasteiger partial charge is 0.325 e. The number of imide groups is 1. The van der Waals surface area contributed by atoms with E-state index in [0.29, 0.717) is 21.5 Å². The van der Waals surface area contributed by atoms with Crippen LogP contribution in [0.1, 0.15) is 11.1 Å². The molecule has 126 valence electrons. The Kier molecular flexibility index (Phi) is 6.06. The van der Waals surface area contributed by atoms with Crippen LogP contribution in [0.25, 0.3) is 0 Å². The van der Waals surface area contributed by atoms with Crippen LogP contribution in [0.15, 0.2) is 36.4 Å². The van der Waals surface area contributed by atoms with Crippen LogP contribution < -0.4 is 15.4 Å². The minimum Gasteiger partial charge on any atom is -0.484 e. The van der Waals surface area contributed by atoms with Gasteiger partial charge in [0, 0.05) is 11.8 Å². The number of hydrogen-bond acceptors (Lipinski definition) is 3. The van der Waals surface area contributed by atoms with Crippen molar-refractivity contribution in [3.8, 4) is 5.75 Å². The van der Waals surface area contributed by atoms with Gasteiger partial charge in [-0.15, -0.1) is 0 Å². The summed E-state index contributed by atoms with van der Waals surface area (Å²) < 4.78 is 5.26. The Balaban J connectivity index is 1.85. The topological polar surface area (TPSA) is 67.4 Å². The summed E-state index contributed by atoms with van der Waals surface area (Å²) in [6.07, 6.45) is 0. The zero-order valence-electron chi connectivity index (χ0n) is 13.2. The number of ether oxygens (including phenoxy) is 1. The van der Waals surface area contributed by atoms with Gasteiger partial charge < -0.3 is 10.1 Å². The standard InChI is InChI=1S/C17H16Cl2N2O3/c1-10-3-6-15(11(2)7-10)20-17(23)21-16(22)9-24-12-4-5-13(18)14(19)8-12/h3-8H,9H2,1-2H3,(H2,20,21,22,23). The van der Waals surface area contributed by atoms with E-state index in [1.165, 1.54) is 6.07 Å². The normalized spacial score (nSPS) is 10.2. The summed E-state index contributed by atoms with van der Waals surface area (Å²) in [7, 11) is 0. The molecule has 2 aromatic rings. The van der Waals surface area contributed by atoms with Crippen molar-refractivity contribution in [3.05, 3.63) is 57.6 Å². The van der Waals surface area contributed by atoms with Crippen molar-refractivity contribution in [2.24, 2.45) is 0 Å². The van der Waals surface area contributed by atoms with E-state index >= 15 is 0 Å². The average molecular weight is 367 g/mol. The Morgan fingerprint density at radius 3 is 2.46 bits per heavy atom.